The molecule has 0 bridgehead atoms. The molecule has 0 saturated heterocycles. The van der Waals surface area contributed by atoms with Gasteiger partial charge in [0.2, 0.25) is 0 Å². The predicted octanol–water partition coefficient (Wildman–Crippen LogP) is 2.87. The molecule has 5 heteroatoms. The van der Waals surface area contributed by atoms with Crippen LogP contribution in [0.2, 0.25) is 0 Å². The van der Waals surface area contributed by atoms with E-state index in [0.29, 0.717) is 12.3 Å². The molecule has 0 radical (unpaired) electrons. The number of aromatic nitrogens is 2. The molecule has 0 aliphatic rings. The van der Waals surface area contributed by atoms with Crippen LogP contribution in [0.1, 0.15) is 5.82 Å². The van der Waals surface area contributed by atoms with Crippen LogP contribution >= 0.6 is 0 Å². The molecule has 102 valence electrons. The van der Waals surface area contributed by atoms with Gasteiger partial charge in [0.15, 0.2) is 0 Å². The molecule has 0 saturated carbocycles. The molecule has 0 fully saturated rings. The Morgan fingerprint density at radius 3 is 2.70 bits per heavy atom. The van der Waals surface area contributed by atoms with E-state index in [0.717, 1.165) is 22.6 Å². The van der Waals surface area contributed by atoms with Crippen LogP contribution in [0.25, 0.3) is 11.0 Å². The summed E-state index contributed by atoms with van der Waals surface area (Å²) in [6, 6.07) is 11.7. The number of imidazole rings is 1. The van der Waals surface area contributed by atoms with Gasteiger partial charge in [-0.1, -0.05) is 0 Å². The molecule has 0 atom stereocenters. The standard InChI is InChI=1S/C15H14FN3O/c1-19-14-8-10(16)2-7-13(14)18-15(19)9-20-12-5-3-11(17)4-6-12/h2-8H,9,17H2,1H3. The average molecular weight is 271 g/mol. The third-order valence-electron chi connectivity index (χ3n) is 3.18. The lowest BCUT2D eigenvalue weighted by atomic mass is 10.3. The summed E-state index contributed by atoms with van der Waals surface area (Å²) in [5, 5.41) is 0. The van der Waals surface area contributed by atoms with Crippen molar-refractivity contribution in [2.75, 3.05) is 5.73 Å². The molecule has 3 rings (SSSR count). The number of nitrogen functional groups attached to an aromatic ring is 1. The van der Waals surface area contributed by atoms with Gasteiger partial charge in [-0.05, 0) is 42.5 Å². The normalized spacial score (nSPS) is 10.9. The third kappa shape index (κ3) is 2.30. The van der Waals surface area contributed by atoms with Crippen molar-refractivity contribution in [2.45, 2.75) is 6.61 Å². The summed E-state index contributed by atoms with van der Waals surface area (Å²) in [7, 11) is 1.84. The maximum atomic E-state index is 13.2. The number of aryl methyl sites for hydroxylation is 1. The van der Waals surface area contributed by atoms with E-state index in [4.69, 9.17) is 10.5 Å². The van der Waals surface area contributed by atoms with Crippen LogP contribution in [0.15, 0.2) is 42.5 Å². The highest BCUT2D eigenvalue weighted by molar-refractivity contribution is 5.75. The summed E-state index contributed by atoms with van der Waals surface area (Å²) in [5.41, 5.74) is 7.81. The largest absolute Gasteiger partial charge is 0.486 e. The Kier molecular flexibility index (Phi) is 3.02. The van der Waals surface area contributed by atoms with Crippen molar-refractivity contribution in [3.8, 4) is 5.75 Å². The second-order valence-electron chi connectivity index (χ2n) is 4.58. The molecule has 0 aliphatic carbocycles. The zero-order valence-corrected chi connectivity index (χ0v) is 11.0. The molecule has 20 heavy (non-hydrogen) atoms. The van der Waals surface area contributed by atoms with E-state index in [1.54, 1.807) is 30.3 Å². The van der Waals surface area contributed by atoms with Crippen LogP contribution < -0.4 is 10.5 Å². The number of hydrogen-bond acceptors (Lipinski definition) is 3. The Hall–Kier alpha value is -2.56. The number of fused-ring (bicyclic) bond motifs is 1. The minimum absolute atomic E-state index is 0.272. The monoisotopic (exact) mass is 271 g/mol. The number of ether oxygens (including phenoxy) is 1. The van der Waals surface area contributed by atoms with Crippen molar-refractivity contribution < 1.29 is 9.13 Å². The van der Waals surface area contributed by atoms with Crippen LogP contribution in [-0.2, 0) is 13.7 Å². The first kappa shape index (κ1) is 12.5. The van der Waals surface area contributed by atoms with E-state index in [-0.39, 0.29) is 5.82 Å². The predicted molar refractivity (Wildman–Crippen MR) is 75.9 cm³/mol. The Balaban J connectivity index is 1.84. The van der Waals surface area contributed by atoms with Crippen molar-refractivity contribution in [1.82, 2.24) is 9.55 Å². The summed E-state index contributed by atoms with van der Waals surface area (Å²) in [5.74, 6) is 1.19. The first-order chi connectivity index (χ1) is 9.63. The van der Waals surface area contributed by atoms with Gasteiger partial charge >= 0.3 is 0 Å². The Morgan fingerprint density at radius 1 is 1.20 bits per heavy atom. The van der Waals surface area contributed by atoms with Crippen LogP contribution in [0.4, 0.5) is 10.1 Å². The lowest BCUT2D eigenvalue weighted by Crippen LogP contribution is -2.03. The number of hydrogen-bond donors (Lipinski definition) is 1. The zero-order valence-electron chi connectivity index (χ0n) is 11.0. The molecule has 0 amide bonds. The molecule has 2 N–H and O–H groups in total. The molecule has 0 aliphatic heterocycles. The SMILES string of the molecule is Cn1c(COc2ccc(N)cc2)nc2ccc(F)cc21. The second kappa shape index (κ2) is 4.85. The molecule has 0 spiro atoms. The van der Waals surface area contributed by atoms with Crippen molar-refractivity contribution in [1.29, 1.82) is 0 Å². The Morgan fingerprint density at radius 2 is 1.95 bits per heavy atom. The molecular formula is C15H14FN3O. The molecule has 3 aromatic rings. The highest BCUT2D eigenvalue weighted by atomic mass is 19.1. The molecule has 1 aromatic heterocycles. The van der Waals surface area contributed by atoms with Crippen molar-refractivity contribution >= 4 is 16.7 Å². The van der Waals surface area contributed by atoms with E-state index in [9.17, 15) is 4.39 Å². The lowest BCUT2D eigenvalue weighted by Gasteiger charge is -2.06. The number of rotatable bonds is 3. The molecule has 2 aromatic carbocycles. The first-order valence-corrected chi connectivity index (χ1v) is 6.23. The minimum atomic E-state index is -0.272. The maximum absolute atomic E-state index is 13.2. The van der Waals surface area contributed by atoms with Gasteiger partial charge in [0, 0.05) is 12.7 Å². The Bertz CT molecular complexity index is 750. The summed E-state index contributed by atoms with van der Waals surface area (Å²) in [4.78, 5) is 4.43. The van der Waals surface area contributed by atoms with Crippen LogP contribution in [0.3, 0.4) is 0 Å². The fourth-order valence-electron chi connectivity index (χ4n) is 2.05. The van der Waals surface area contributed by atoms with Gasteiger partial charge in [0.1, 0.15) is 24.0 Å². The Labute approximate surface area is 115 Å². The van der Waals surface area contributed by atoms with Gasteiger partial charge in [-0.3, -0.25) is 0 Å². The summed E-state index contributed by atoms with van der Waals surface area (Å²) < 4.78 is 20.7. The van der Waals surface area contributed by atoms with E-state index in [2.05, 4.69) is 4.98 Å². The van der Waals surface area contributed by atoms with Crippen molar-refractivity contribution in [2.24, 2.45) is 7.05 Å². The topological polar surface area (TPSA) is 53.1 Å². The highest BCUT2D eigenvalue weighted by Crippen LogP contribution is 2.19. The number of benzene rings is 2. The van der Waals surface area contributed by atoms with Crippen LogP contribution in [0, 0.1) is 5.82 Å². The zero-order chi connectivity index (χ0) is 14.1. The quantitative estimate of drug-likeness (QED) is 0.745. The summed E-state index contributed by atoms with van der Waals surface area (Å²) in [6.45, 7) is 0.316. The number of nitrogens with zero attached hydrogens (tertiary/aromatic N) is 2. The van der Waals surface area contributed by atoms with Crippen LogP contribution in [0.5, 0.6) is 5.75 Å². The number of anilines is 1. The van der Waals surface area contributed by atoms with Gasteiger partial charge in [-0.25, -0.2) is 9.37 Å². The van der Waals surface area contributed by atoms with Crippen molar-refractivity contribution in [3.05, 3.63) is 54.1 Å². The molecule has 1 heterocycles. The van der Waals surface area contributed by atoms with Gasteiger partial charge in [0.25, 0.3) is 0 Å². The third-order valence-corrected chi connectivity index (χ3v) is 3.18. The number of halogens is 1. The van der Waals surface area contributed by atoms with Gasteiger partial charge < -0.3 is 15.0 Å². The van der Waals surface area contributed by atoms with E-state index >= 15 is 0 Å². The van der Waals surface area contributed by atoms with Gasteiger partial charge in [-0.15, -0.1) is 0 Å². The van der Waals surface area contributed by atoms with Crippen LogP contribution in [-0.4, -0.2) is 9.55 Å². The molecule has 0 unspecified atom stereocenters. The smallest absolute Gasteiger partial charge is 0.147 e. The van der Waals surface area contributed by atoms with E-state index in [1.165, 1.54) is 12.1 Å². The van der Waals surface area contributed by atoms with Gasteiger partial charge in [-0.2, -0.15) is 0 Å². The fourth-order valence-corrected chi connectivity index (χ4v) is 2.05. The molecular weight excluding hydrogens is 257 g/mol. The second-order valence-corrected chi connectivity index (χ2v) is 4.58. The first-order valence-electron chi connectivity index (χ1n) is 6.23. The van der Waals surface area contributed by atoms with Crippen molar-refractivity contribution in [3.63, 3.8) is 0 Å². The fraction of sp³-hybridized carbons (Fsp3) is 0.133. The van der Waals surface area contributed by atoms with E-state index in [1.807, 2.05) is 11.6 Å². The lowest BCUT2D eigenvalue weighted by molar-refractivity contribution is 0.292. The van der Waals surface area contributed by atoms with E-state index < -0.39 is 0 Å². The maximum Gasteiger partial charge on any atom is 0.147 e. The average Bonchev–Trinajstić information content (AvgIpc) is 2.75. The summed E-state index contributed by atoms with van der Waals surface area (Å²) in [6.07, 6.45) is 0. The summed E-state index contributed by atoms with van der Waals surface area (Å²) >= 11 is 0. The van der Waals surface area contributed by atoms with Gasteiger partial charge in [0.05, 0.1) is 11.0 Å². The highest BCUT2D eigenvalue weighted by Gasteiger charge is 2.09. The number of nitrogens with two attached hydrogens (primary N) is 1. The minimum Gasteiger partial charge on any atom is -0.486 e. The molecule has 4 nitrogen and oxygen atoms in total.